The third kappa shape index (κ3) is 3.59. The standard InChI is InChI=1S/C20H12F3N3OS/c21-20(22,23)14-5-1-4-13(9-14)15-8-7-12-3-2-6-16(18(12)25-15)26-19(27)17-10-24-11-28-17/h1-11H,(H,26,27). The van der Waals surface area contributed by atoms with E-state index in [1.165, 1.54) is 23.6 Å². The van der Waals surface area contributed by atoms with Gasteiger partial charge in [0.2, 0.25) is 0 Å². The molecule has 0 atom stereocenters. The molecule has 4 rings (SSSR count). The molecule has 0 aliphatic heterocycles. The lowest BCUT2D eigenvalue weighted by molar-refractivity contribution is -0.137. The van der Waals surface area contributed by atoms with Gasteiger partial charge in [-0.05, 0) is 24.3 Å². The molecule has 28 heavy (non-hydrogen) atoms. The van der Waals surface area contributed by atoms with Gasteiger partial charge in [0, 0.05) is 10.9 Å². The van der Waals surface area contributed by atoms with Crippen molar-refractivity contribution in [1.82, 2.24) is 9.97 Å². The number of fused-ring (bicyclic) bond motifs is 1. The maximum absolute atomic E-state index is 13.0. The Morgan fingerprint density at radius 1 is 1.04 bits per heavy atom. The number of hydrogen-bond donors (Lipinski definition) is 1. The average Bonchev–Trinajstić information content (AvgIpc) is 3.22. The summed E-state index contributed by atoms with van der Waals surface area (Å²) in [5, 5.41) is 3.55. The number of pyridine rings is 1. The van der Waals surface area contributed by atoms with Gasteiger partial charge in [-0.15, -0.1) is 11.3 Å². The number of benzene rings is 2. The molecule has 0 fully saturated rings. The van der Waals surface area contributed by atoms with Crippen LogP contribution in [0.5, 0.6) is 0 Å². The zero-order valence-electron chi connectivity index (χ0n) is 14.2. The van der Waals surface area contributed by atoms with Crippen LogP contribution in [0, 0.1) is 0 Å². The van der Waals surface area contributed by atoms with Gasteiger partial charge in [-0.2, -0.15) is 13.2 Å². The summed E-state index contributed by atoms with van der Waals surface area (Å²) >= 11 is 1.21. The van der Waals surface area contributed by atoms with Crippen LogP contribution in [-0.2, 0) is 6.18 Å². The molecule has 2 aromatic carbocycles. The van der Waals surface area contributed by atoms with Gasteiger partial charge in [0.05, 0.1) is 34.2 Å². The number of rotatable bonds is 3. The van der Waals surface area contributed by atoms with Gasteiger partial charge in [-0.1, -0.05) is 30.3 Å². The van der Waals surface area contributed by atoms with Crippen LogP contribution < -0.4 is 5.32 Å². The summed E-state index contributed by atoms with van der Waals surface area (Å²) in [4.78, 5) is 21.2. The average molecular weight is 399 g/mol. The fourth-order valence-corrected chi connectivity index (χ4v) is 3.29. The van der Waals surface area contributed by atoms with Gasteiger partial charge >= 0.3 is 6.18 Å². The van der Waals surface area contributed by atoms with E-state index < -0.39 is 11.7 Å². The van der Waals surface area contributed by atoms with Gasteiger partial charge in [-0.25, -0.2) is 4.98 Å². The van der Waals surface area contributed by atoms with Crippen LogP contribution in [0.4, 0.5) is 18.9 Å². The number of carbonyl (C=O) groups excluding carboxylic acids is 1. The molecule has 0 saturated carbocycles. The first-order valence-electron chi connectivity index (χ1n) is 8.19. The lowest BCUT2D eigenvalue weighted by Gasteiger charge is -2.11. The van der Waals surface area contributed by atoms with Gasteiger partial charge in [0.25, 0.3) is 5.91 Å². The Bertz CT molecular complexity index is 1160. The summed E-state index contributed by atoms with van der Waals surface area (Å²) in [7, 11) is 0. The summed E-state index contributed by atoms with van der Waals surface area (Å²) in [6.07, 6.45) is -2.96. The van der Waals surface area contributed by atoms with Crippen molar-refractivity contribution in [3.8, 4) is 11.3 Å². The van der Waals surface area contributed by atoms with Crippen molar-refractivity contribution < 1.29 is 18.0 Å². The summed E-state index contributed by atoms with van der Waals surface area (Å²) in [6, 6.07) is 13.7. The van der Waals surface area contributed by atoms with E-state index in [4.69, 9.17) is 0 Å². The molecule has 0 aliphatic rings. The number of halogens is 3. The second-order valence-corrected chi connectivity index (χ2v) is 6.86. The lowest BCUT2D eigenvalue weighted by atomic mass is 10.1. The SMILES string of the molecule is O=C(Nc1cccc2ccc(-c3cccc(C(F)(F)F)c3)nc12)c1cncs1. The minimum Gasteiger partial charge on any atom is -0.319 e. The Hall–Kier alpha value is -3.26. The number of thiazole rings is 1. The summed E-state index contributed by atoms with van der Waals surface area (Å²) < 4.78 is 39.0. The Kier molecular flexibility index (Phi) is 4.56. The van der Waals surface area contributed by atoms with Crippen LogP contribution in [0.25, 0.3) is 22.2 Å². The molecule has 1 N–H and O–H groups in total. The molecule has 8 heteroatoms. The van der Waals surface area contributed by atoms with Crippen LogP contribution in [0.1, 0.15) is 15.2 Å². The predicted octanol–water partition coefficient (Wildman–Crippen LogP) is 5.63. The fourth-order valence-electron chi connectivity index (χ4n) is 2.78. The molecule has 2 heterocycles. The number of carbonyl (C=O) groups is 1. The van der Waals surface area contributed by atoms with E-state index in [0.29, 0.717) is 27.3 Å². The summed E-state index contributed by atoms with van der Waals surface area (Å²) in [5.74, 6) is -0.318. The van der Waals surface area contributed by atoms with Crippen molar-refractivity contribution in [2.24, 2.45) is 0 Å². The van der Waals surface area contributed by atoms with E-state index in [0.717, 1.165) is 17.5 Å². The van der Waals surface area contributed by atoms with E-state index in [1.54, 1.807) is 35.8 Å². The van der Waals surface area contributed by atoms with E-state index in [9.17, 15) is 18.0 Å². The van der Waals surface area contributed by atoms with Crippen LogP contribution in [0.15, 0.2) is 66.3 Å². The molecule has 1 amide bonds. The van der Waals surface area contributed by atoms with E-state index >= 15 is 0 Å². The minimum atomic E-state index is -4.43. The zero-order valence-corrected chi connectivity index (χ0v) is 15.0. The van der Waals surface area contributed by atoms with Crippen molar-refractivity contribution in [2.75, 3.05) is 5.32 Å². The number of hydrogen-bond acceptors (Lipinski definition) is 4. The summed E-state index contributed by atoms with van der Waals surface area (Å²) in [5.41, 5.74) is 2.53. The van der Waals surface area contributed by atoms with Crippen molar-refractivity contribution >= 4 is 33.8 Å². The quantitative estimate of drug-likeness (QED) is 0.486. The third-order valence-corrected chi connectivity index (χ3v) is 4.88. The largest absolute Gasteiger partial charge is 0.416 e. The van der Waals surface area contributed by atoms with Gasteiger partial charge < -0.3 is 5.32 Å². The van der Waals surface area contributed by atoms with Crippen molar-refractivity contribution in [3.05, 3.63) is 76.7 Å². The van der Waals surface area contributed by atoms with Crippen LogP contribution >= 0.6 is 11.3 Å². The highest BCUT2D eigenvalue weighted by molar-refractivity contribution is 7.11. The molecule has 0 aliphatic carbocycles. The maximum atomic E-state index is 13.0. The molecule has 0 saturated heterocycles. The molecule has 140 valence electrons. The topological polar surface area (TPSA) is 54.9 Å². The number of amides is 1. The number of anilines is 1. The smallest absolute Gasteiger partial charge is 0.319 e. The molecule has 0 radical (unpaired) electrons. The van der Waals surface area contributed by atoms with E-state index in [2.05, 4.69) is 15.3 Å². The number of aromatic nitrogens is 2. The number of alkyl halides is 3. The highest BCUT2D eigenvalue weighted by atomic mass is 32.1. The molecule has 2 aromatic heterocycles. The van der Waals surface area contributed by atoms with Gasteiger partial charge in [-0.3, -0.25) is 9.78 Å². The highest BCUT2D eigenvalue weighted by Gasteiger charge is 2.30. The van der Waals surface area contributed by atoms with Gasteiger partial charge in [0.15, 0.2) is 0 Å². The third-order valence-electron chi connectivity index (χ3n) is 4.11. The first kappa shape index (κ1) is 18.1. The minimum absolute atomic E-state index is 0.318. The Morgan fingerprint density at radius 2 is 1.86 bits per heavy atom. The Balaban J connectivity index is 1.75. The molecule has 0 spiro atoms. The predicted molar refractivity (Wildman–Crippen MR) is 102 cm³/mol. The zero-order chi connectivity index (χ0) is 19.7. The second-order valence-electron chi connectivity index (χ2n) is 5.97. The van der Waals surface area contributed by atoms with E-state index in [1.807, 2.05) is 6.07 Å². The van der Waals surface area contributed by atoms with Crippen molar-refractivity contribution in [3.63, 3.8) is 0 Å². The maximum Gasteiger partial charge on any atom is 0.416 e. The van der Waals surface area contributed by atoms with Crippen LogP contribution in [0.3, 0.4) is 0 Å². The molecule has 0 unspecified atom stereocenters. The lowest BCUT2D eigenvalue weighted by Crippen LogP contribution is -2.10. The highest BCUT2D eigenvalue weighted by Crippen LogP contribution is 2.33. The van der Waals surface area contributed by atoms with Crippen LogP contribution in [-0.4, -0.2) is 15.9 Å². The fraction of sp³-hybridized carbons (Fsp3) is 0.0500. The molecule has 4 nitrogen and oxygen atoms in total. The van der Waals surface area contributed by atoms with Crippen molar-refractivity contribution in [1.29, 1.82) is 0 Å². The monoisotopic (exact) mass is 399 g/mol. The van der Waals surface area contributed by atoms with Gasteiger partial charge in [0.1, 0.15) is 4.88 Å². The number of nitrogens with zero attached hydrogens (tertiary/aromatic N) is 2. The number of para-hydroxylation sites is 1. The summed E-state index contributed by atoms with van der Waals surface area (Å²) in [6.45, 7) is 0. The molecule has 0 bridgehead atoms. The van der Waals surface area contributed by atoms with E-state index in [-0.39, 0.29) is 5.91 Å². The number of nitrogens with one attached hydrogen (secondary N) is 1. The Labute approximate surface area is 161 Å². The molecular weight excluding hydrogens is 387 g/mol. The first-order valence-corrected chi connectivity index (χ1v) is 9.07. The Morgan fingerprint density at radius 3 is 2.61 bits per heavy atom. The molecule has 4 aromatic rings. The van der Waals surface area contributed by atoms with Crippen molar-refractivity contribution in [2.45, 2.75) is 6.18 Å². The van der Waals surface area contributed by atoms with Crippen LogP contribution in [0.2, 0.25) is 0 Å². The molecular formula is C20H12F3N3OS. The second kappa shape index (κ2) is 7.05. The normalized spacial score (nSPS) is 11.5. The first-order chi connectivity index (χ1) is 13.4.